The molecule has 1 N–H and O–H groups in total. The van der Waals surface area contributed by atoms with E-state index in [2.05, 4.69) is 12.2 Å². The van der Waals surface area contributed by atoms with Gasteiger partial charge in [-0.25, -0.2) is 0 Å². The first-order chi connectivity index (χ1) is 8.25. The Morgan fingerprint density at radius 1 is 1.29 bits per heavy atom. The van der Waals surface area contributed by atoms with E-state index in [-0.39, 0.29) is 18.1 Å². The number of nitrogens with one attached hydrogen (secondary N) is 1. The predicted molar refractivity (Wildman–Crippen MR) is 67.8 cm³/mol. The maximum atomic E-state index is 11.8. The second-order valence-corrected chi connectivity index (χ2v) is 5.60. The van der Waals surface area contributed by atoms with Gasteiger partial charge in [0.15, 0.2) is 0 Å². The molecular formula is C14H25NO2. The van der Waals surface area contributed by atoms with E-state index >= 15 is 0 Å². The molecule has 2 atom stereocenters. The molecule has 0 aromatic carbocycles. The Balaban J connectivity index is 1.62. The zero-order valence-electron chi connectivity index (χ0n) is 10.9. The molecule has 1 aliphatic carbocycles. The fraction of sp³-hybridized carbons (Fsp3) is 0.929. The number of ether oxygens (including phenoxy) is 1. The summed E-state index contributed by atoms with van der Waals surface area (Å²) in [6, 6.07) is 0.175. The van der Waals surface area contributed by atoms with Crippen LogP contribution in [0, 0.1) is 5.92 Å². The molecule has 3 nitrogen and oxygen atoms in total. The zero-order chi connectivity index (χ0) is 12.1. The van der Waals surface area contributed by atoms with Crippen molar-refractivity contribution in [2.75, 3.05) is 6.61 Å². The van der Waals surface area contributed by atoms with E-state index in [1.807, 2.05) is 0 Å². The Morgan fingerprint density at radius 3 is 2.71 bits per heavy atom. The minimum Gasteiger partial charge on any atom is -0.376 e. The second kappa shape index (κ2) is 6.39. The van der Waals surface area contributed by atoms with E-state index in [1.54, 1.807) is 0 Å². The van der Waals surface area contributed by atoms with Crippen molar-refractivity contribution in [3.8, 4) is 0 Å². The van der Waals surface area contributed by atoms with Gasteiger partial charge >= 0.3 is 0 Å². The van der Waals surface area contributed by atoms with Crippen LogP contribution in [-0.4, -0.2) is 24.7 Å². The van der Waals surface area contributed by atoms with Crippen LogP contribution in [0.2, 0.25) is 0 Å². The van der Waals surface area contributed by atoms with Crippen LogP contribution < -0.4 is 5.32 Å². The first-order valence-electron chi connectivity index (χ1n) is 7.16. The molecule has 0 spiro atoms. The first-order valence-corrected chi connectivity index (χ1v) is 7.16. The summed E-state index contributed by atoms with van der Waals surface area (Å²) in [6.45, 7) is 2.91. The summed E-state index contributed by atoms with van der Waals surface area (Å²) in [5.74, 6) is 1.01. The Kier molecular flexibility index (Phi) is 4.84. The van der Waals surface area contributed by atoms with Crippen LogP contribution >= 0.6 is 0 Å². The molecule has 17 heavy (non-hydrogen) atoms. The Morgan fingerprint density at radius 2 is 2.06 bits per heavy atom. The lowest BCUT2D eigenvalue weighted by Gasteiger charge is -2.20. The van der Waals surface area contributed by atoms with Crippen molar-refractivity contribution >= 4 is 5.91 Å². The van der Waals surface area contributed by atoms with Crippen molar-refractivity contribution in [1.82, 2.24) is 5.32 Å². The molecule has 3 heteroatoms. The fourth-order valence-corrected chi connectivity index (χ4v) is 3.05. The van der Waals surface area contributed by atoms with Crippen molar-refractivity contribution in [3.63, 3.8) is 0 Å². The van der Waals surface area contributed by atoms with E-state index in [0.717, 1.165) is 31.8 Å². The molecule has 1 heterocycles. The molecule has 0 aromatic heterocycles. The van der Waals surface area contributed by atoms with Gasteiger partial charge in [-0.15, -0.1) is 0 Å². The second-order valence-electron chi connectivity index (χ2n) is 5.60. The molecule has 0 bridgehead atoms. The molecule has 1 amide bonds. The summed E-state index contributed by atoms with van der Waals surface area (Å²) in [5, 5.41) is 3.08. The molecule has 0 radical (unpaired) electrons. The van der Waals surface area contributed by atoms with E-state index < -0.39 is 0 Å². The van der Waals surface area contributed by atoms with Crippen LogP contribution in [-0.2, 0) is 9.53 Å². The van der Waals surface area contributed by atoms with Crippen LogP contribution in [0.3, 0.4) is 0 Å². The SMILES string of the molecule is C[C@H](NC(=O)CCC1CCCC1)[C@@H]1CCCO1. The van der Waals surface area contributed by atoms with Gasteiger partial charge in [-0.1, -0.05) is 25.7 Å². The number of hydrogen-bond acceptors (Lipinski definition) is 2. The Bertz CT molecular complexity index is 243. The van der Waals surface area contributed by atoms with E-state index in [4.69, 9.17) is 4.74 Å². The summed E-state index contributed by atoms with van der Waals surface area (Å²) in [6.07, 6.45) is 9.61. The van der Waals surface area contributed by atoms with Crippen LogP contribution in [0.15, 0.2) is 0 Å². The minimum atomic E-state index is 0.175. The molecule has 1 saturated heterocycles. The van der Waals surface area contributed by atoms with Gasteiger partial charge in [0.2, 0.25) is 5.91 Å². The van der Waals surface area contributed by atoms with Crippen molar-refractivity contribution in [2.45, 2.75) is 70.4 Å². The van der Waals surface area contributed by atoms with Gasteiger partial charge in [-0.2, -0.15) is 0 Å². The predicted octanol–water partition coefficient (Wildman–Crippen LogP) is 2.64. The van der Waals surface area contributed by atoms with E-state index in [1.165, 1.54) is 25.7 Å². The highest BCUT2D eigenvalue weighted by molar-refractivity contribution is 5.76. The topological polar surface area (TPSA) is 38.3 Å². The summed E-state index contributed by atoms with van der Waals surface area (Å²) in [5.41, 5.74) is 0. The third-order valence-electron chi connectivity index (χ3n) is 4.17. The Hall–Kier alpha value is -0.570. The number of amides is 1. The van der Waals surface area contributed by atoms with E-state index in [9.17, 15) is 4.79 Å². The van der Waals surface area contributed by atoms with Gasteiger partial charge in [0.25, 0.3) is 0 Å². The van der Waals surface area contributed by atoms with Crippen molar-refractivity contribution in [2.24, 2.45) is 5.92 Å². The number of hydrogen-bond donors (Lipinski definition) is 1. The van der Waals surface area contributed by atoms with Crippen LogP contribution in [0.1, 0.15) is 58.3 Å². The molecule has 1 aliphatic heterocycles. The molecule has 1 saturated carbocycles. The summed E-state index contributed by atoms with van der Waals surface area (Å²) >= 11 is 0. The maximum Gasteiger partial charge on any atom is 0.220 e. The van der Waals surface area contributed by atoms with Crippen molar-refractivity contribution in [3.05, 3.63) is 0 Å². The van der Waals surface area contributed by atoms with Crippen LogP contribution in [0.4, 0.5) is 0 Å². The van der Waals surface area contributed by atoms with Gasteiger partial charge in [0.1, 0.15) is 0 Å². The van der Waals surface area contributed by atoms with Gasteiger partial charge in [0.05, 0.1) is 12.1 Å². The van der Waals surface area contributed by atoms with Gasteiger partial charge in [-0.05, 0) is 32.1 Å². The molecule has 2 fully saturated rings. The minimum absolute atomic E-state index is 0.175. The molecule has 0 aromatic rings. The average molecular weight is 239 g/mol. The highest BCUT2D eigenvalue weighted by Crippen LogP contribution is 2.28. The lowest BCUT2D eigenvalue weighted by Crippen LogP contribution is -2.40. The molecule has 0 unspecified atom stereocenters. The molecule has 2 aliphatic rings. The third kappa shape index (κ3) is 3.98. The van der Waals surface area contributed by atoms with Crippen LogP contribution in [0.25, 0.3) is 0 Å². The first kappa shape index (κ1) is 12.9. The number of carbonyl (C=O) groups excluding carboxylic acids is 1. The largest absolute Gasteiger partial charge is 0.376 e. The maximum absolute atomic E-state index is 11.8. The van der Waals surface area contributed by atoms with Gasteiger partial charge in [-0.3, -0.25) is 4.79 Å². The lowest BCUT2D eigenvalue weighted by atomic mass is 10.0. The fourth-order valence-electron chi connectivity index (χ4n) is 3.05. The quantitative estimate of drug-likeness (QED) is 0.801. The van der Waals surface area contributed by atoms with E-state index in [0.29, 0.717) is 6.42 Å². The summed E-state index contributed by atoms with van der Waals surface area (Å²) in [7, 11) is 0. The third-order valence-corrected chi connectivity index (χ3v) is 4.17. The lowest BCUT2D eigenvalue weighted by molar-refractivity contribution is -0.122. The highest BCUT2D eigenvalue weighted by atomic mass is 16.5. The van der Waals surface area contributed by atoms with Crippen molar-refractivity contribution in [1.29, 1.82) is 0 Å². The highest BCUT2D eigenvalue weighted by Gasteiger charge is 2.24. The Labute approximate surface area is 104 Å². The summed E-state index contributed by atoms with van der Waals surface area (Å²) < 4.78 is 5.58. The zero-order valence-corrected chi connectivity index (χ0v) is 10.9. The smallest absolute Gasteiger partial charge is 0.220 e. The molecule has 2 rings (SSSR count). The monoisotopic (exact) mass is 239 g/mol. The number of rotatable bonds is 5. The standard InChI is InChI=1S/C14H25NO2/c1-11(13-7-4-10-17-13)15-14(16)9-8-12-5-2-3-6-12/h11-13H,2-10H2,1H3,(H,15,16)/t11-,13-/m0/s1. The summed E-state index contributed by atoms with van der Waals surface area (Å²) in [4.78, 5) is 11.8. The average Bonchev–Trinajstić information content (AvgIpc) is 2.99. The molecule has 98 valence electrons. The molecular weight excluding hydrogens is 214 g/mol. The van der Waals surface area contributed by atoms with Gasteiger partial charge < -0.3 is 10.1 Å². The normalized spacial score (nSPS) is 27.2. The van der Waals surface area contributed by atoms with Crippen molar-refractivity contribution < 1.29 is 9.53 Å². The van der Waals surface area contributed by atoms with Crippen LogP contribution in [0.5, 0.6) is 0 Å². The number of carbonyl (C=O) groups is 1. The van der Waals surface area contributed by atoms with Gasteiger partial charge in [0, 0.05) is 13.0 Å².